The van der Waals surface area contributed by atoms with Gasteiger partial charge in [0.25, 0.3) is 0 Å². The molecule has 0 bridgehead atoms. The van der Waals surface area contributed by atoms with Gasteiger partial charge in [-0.1, -0.05) is 65.3 Å². The van der Waals surface area contributed by atoms with Crippen molar-refractivity contribution in [1.82, 2.24) is 0 Å². The van der Waals surface area contributed by atoms with Gasteiger partial charge in [0.15, 0.2) is 0 Å². The number of allylic oxidation sites excluding steroid dienone is 3. The van der Waals surface area contributed by atoms with E-state index in [0.29, 0.717) is 16.7 Å². The van der Waals surface area contributed by atoms with Crippen LogP contribution in [0.15, 0.2) is 23.8 Å². The lowest BCUT2D eigenvalue weighted by molar-refractivity contribution is -0.0540. The SMILES string of the molecule is CC[C@@H](/C=C/[C@@H](C)[C@H]1CC[C@H]2[C@@H]3CC=C4CC(O)CC[C@]4(C)[C@H]3CC[C@]12C)C(C)C. The molecule has 0 amide bonds. The molecule has 4 aliphatic carbocycles. The van der Waals surface area contributed by atoms with E-state index in [4.69, 9.17) is 0 Å². The van der Waals surface area contributed by atoms with Crippen LogP contribution in [0.5, 0.6) is 0 Å². The fourth-order valence-electron chi connectivity index (χ4n) is 8.83. The lowest BCUT2D eigenvalue weighted by atomic mass is 9.47. The summed E-state index contributed by atoms with van der Waals surface area (Å²) >= 11 is 0. The molecule has 4 rings (SSSR count). The summed E-state index contributed by atoms with van der Waals surface area (Å²) in [5.74, 6) is 5.70. The van der Waals surface area contributed by atoms with Gasteiger partial charge in [0.2, 0.25) is 0 Å². The van der Waals surface area contributed by atoms with Gasteiger partial charge >= 0.3 is 0 Å². The summed E-state index contributed by atoms with van der Waals surface area (Å²) in [7, 11) is 0. The van der Waals surface area contributed by atoms with Gasteiger partial charge in [0.05, 0.1) is 6.10 Å². The minimum absolute atomic E-state index is 0.0870. The van der Waals surface area contributed by atoms with E-state index >= 15 is 0 Å². The molecule has 0 heterocycles. The highest BCUT2D eigenvalue weighted by molar-refractivity contribution is 5.25. The monoisotopic (exact) mass is 412 g/mol. The Morgan fingerprint density at radius 3 is 2.50 bits per heavy atom. The Morgan fingerprint density at radius 2 is 1.80 bits per heavy atom. The summed E-state index contributed by atoms with van der Waals surface area (Å²) in [4.78, 5) is 0. The van der Waals surface area contributed by atoms with Gasteiger partial charge < -0.3 is 5.11 Å². The first-order valence-electron chi connectivity index (χ1n) is 13.3. The van der Waals surface area contributed by atoms with Crippen LogP contribution < -0.4 is 0 Å². The van der Waals surface area contributed by atoms with Crippen LogP contribution in [0.4, 0.5) is 0 Å². The second-order valence-corrected chi connectivity index (χ2v) is 12.4. The van der Waals surface area contributed by atoms with Gasteiger partial charge in [-0.25, -0.2) is 0 Å². The number of fused-ring (bicyclic) bond motifs is 5. The average molecular weight is 413 g/mol. The first-order chi connectivity index (χ1) is 14.2. The molecule has 9 atom stereocenters. The Kier molecular flexibility index (Phi) is 6.35. The van der Waals surface area contributed by atoms with E-state index in [0.717, 1.165) is 48.3 Å². The van der Waals surface area contributed by atoms with Crippen LogP contribution in [0.2, 0.25) is 0 Å². The molecular weight excluding hydrogens is 364 g/mol. The molecule has 0 saturated heterocycles. The predicted octanol–water partition coefficient (Wildman–Crippen LogP) is 7.80. The zero-order valence-corrected chi connectivity index (χ0v) is 20.7. The molecule has 1 nitrogen and oxygen atoms in total. The Labute approximate surface area is 186 Å². The van der Waals surface area contributed by atoms with Crippen molar-refractivity contribution in [3.63, 3.8) is 0 Å². The van der Waals surface area contributed by atoms with Crippen molar-refractivity contribution in [2.45, 2.75) is 105 Å². The van der Waals surface area contributed by atoms with E-state index in [-0.39, 0.29) is 6.10 Å². The van der Waals surface area contributed by atoms with E-state index in [1.54, 1.807) is 5.57 Å². The summed E-state index contributed by atoms with van der Waals surface area (Å²) in [5.41, 5.74) is 2.51. The molecule has 170 valence electrons. The van der Waals surface area contributed by atoms with Crippen LogP contribution >= 0.6 is 0 Å². The highest BCUT2D eigenvalue weighted by Crippen LogP contribution is 2.67. The van der Waals surface area contributed by atoms with Crippen molar-refractivity contribution in [3.05, 3.63) is 23.8 Å². The molecule has 4 aliphatic rings. The maximum absolute atomic E-state index is 10.2. The third kappa shape index (κ3) is 3.66. The smallest absolute Gasteiger partial charge is 0.0577 e. The maximum Gasteiger partial charge on any atom is 0.0577 e. The molecule has 0 aliphatic heterocycles. The standard InChI is InChI=1S/C29H48O/c1-7-21(19(2)3)9-8-20(4)25-12-13-26-24-11-10-22-18-23(30)14-16-28(22,5)27(24)15-17-29(25,26)6/h8-10,19-21,23-27,30H,7,11-18H2,1-6H3/b9-8+/t20-,21+,23?,24+,25-,26+,27+,28+,29-/m1/s1. The van der Waals surface area contributed by atoms with E-state index in [2.05, 4.69) is 59.8 Å². The van der Waals surface area contributed by atoms with Gasteiger partial charge in [-0.2, -0.15) is 0 Å². The summed E-state index contributed by atoms with van der Waals surface area (Å²) in [6, 6.07) is 0. The third-order valence-corrected chi connectivity index (χ3v) is 10.8. The molecule has 0 aromatic carbocycles. The summed E-state index contributed by atoms with van der Waals surface area (Å²) < 4.78 is 0. The van der Waals surface area contributed by atoms with Crippen molar-refractivity contribution in [3.8, 4) is 0 Å². The molecule has 30 heavy (non-hydrogen) atoms. The zero-order chi connectivity index (χ0) is 21.7. The molecule has 0 spiro atoms. The molecule has 1 heteroatoms. The first kappa shape index (κ1) is 22.6. The van der Waals surface area contributed by atoms with E-state index in [1.807, 2.05) is 0 Å². The Balaban J connectivity index is 1.52. The summed E-state index contributed by atoms with van der Waals surface area (Å²) in [6.45, 7) is 14.8. The molecule has 0 radical (unpaired) electrons. The third-order valence-electron chi connectivity index (χ3n) is 10.8. The van der Waals surface area contributed by atoms with Crippen molar-refractivity contribution in [2.24, 2.45) is 52.3 Å². The molecule has 1 N–H and O–H groups in total. The molecular formula is C29H48O. The van der Waals surface area contributed by atoms with Gasteiger partial charge in [-0.3, -0.25) is 0 Å². The second-order valence-electron chi connectivity index (χ2n) is 12.4. The minimum Gasteiger partial charge on any atom is -0.393 e. The van der Waals surface area contributed by atoms with Crippen LogP contribution in [0.1, 0.15) is 99.3 Å². The fourth-order valence-corrected chi connectivity index (χ4v) is 8.83. The van der Waals surface area contributed by atoms with Crippen molar-refractivity contribution in [1.29, 1.82) is 0 Å². The number of hydrogen-bond acceptors (Lipinski definition) is 1. The maximum atomic E-state index is 10.2. The predicted molar refractivity (Wildman–Crippen MR) is 128 cm³/mol. The summed E-state index contributed by atoms with van der Waals surface area (Å²) in [5, 5.41) is 10.2. The number of aliphatic hydroxyl groups excluding tert-OH is 1. The van der Waals surface area contributed by atoms with Crippen molar-refractivity contribution < 1.29 is 5.11 Å². The van der Waals surface area contributed by atoms with Crippen molar-refractivity contribution in [2.75, 3.05) is 0 Å². The Hall–Kier alpha value is -0.560. The highest BCUT2D eigenvalue weighted by Gasteiger charge is 2.58. The topological polar surface area (TPSA) is 20.2 Å². The lowest BCUT2D eigenvalue weighted by Crippen LogP contribution is -2.50. The number of rotatable bonds is 5. The Bertz CT molecular complexity index is 674. The quantitative estimate of drug-likeness (QED) is 0.457. The van der Waals surface area contributed by atoms with Gasteiger partial charge in [0.1, 0.15) is 0 Å². The van der Waals surface area contributed by atoms with Gasteiger partial charge in [-0.15, -0.1) is 0 Å². The average Bonchev–Trinajstić information content (AvgIpc) is 3.06. The first-order valence-corrected chi connectivity index (χ1v) is 13.3. The Morgan fingerprint density at radius 1 is 1.03 bits per heavy atom. The molecule has 0 aromatic heterocycles. The second kappa shape index (κ2) is 8.42. The van der Waals surface area contributed by atoms with Gasteiger partial charge in [0, 0.05) is 0 Å². The van der Waals surface area contributed by atoms with E-state index < -0.39 is 0 Å². The highest BCUT2D eigenvalue weighted by atomic mass is 16.3. The van der Waals surface area contributed by atoms with Crippen LogP contribution in [0, 0.1) is 52.3 Å². The van der Waals surface area contributed by atoms with E-state index in [9.17, 15) is 5.11 Å². The molecule has 3 saturated carbocycles. The van der Waals surface area contributed by atoms with Crippen LogP contribution in [0.25, 0.3) is 0 Å². The van der Waals surface area contributed by atoms with Crippen LogP contribution in [0.3, 0.4) is 0 Å². The fraction of sp³-hybridized carbons (Fsp3) is 0.862. The zero-order valence-electron chi connectivity index (χ0n) is 20.7. The molecule has 3 fully saturated rings. The van der Waals surface area contributed by atoms with Gasteiger partial charge in [-0.05, 0) is 110 Å². The van der Waals surface area contributed by atoms with Crippen LogP contribution in [-0.2, 0) is 0 Å². The molecule has 1 unspecified atom stereocenters. The summed E-state index contributed by atoms with van der Waals surface area (Å²) in [6.07, 6.45) is 19.1. The largest absolute Gasteiger partial charge is 0.393 e. The number of hydrogen-bond donors (Lipinski definition) is 1. The number of aliphatic hydroxyl groups is 1. The minimum atomic E-state index is -0.0870. The molecule has 0 aromatic rings. The van der Waals surface area contributed by atoms with Crippen molar-refractivity contribution >= 4 is 0 Å². The lowest BCUT2D eigenvalue weighted by Gasteiger charge is -2.58. The van der Waals surface area contributed by atoms with E-state index in [1.165, 1.54) is 44.9 Å². The van der Waals surface area contributed by atoms with Crippen LogP contribution in [-0.4, -0.2) is 11.2 Å². The normalized spacial score (nSPS) is 45.6.